The van der Waals surface area contributed by atoms with Crippen molar-refractivity contribution in [2.24, 2.45) is 0 Å². The van der Waals surface area contributed by atoms with Gasteiger partial charge in [-0.3, -0.25) is 0 Å². The van der Waals surface area contributed by atoms with Crippen molar-refractivity contribution < 1.29 is 13.9 Å². The van der Waals surface area contributed by atoms with E-state index in [1.54, 1.807) is 26.0 Å². The summed E-state index contributed by atoms with van der Waals surface area (Å²) in [5.74, 6) is -3.09. The SMILES string of the molecule is C/C=C\CC=C(CC)C(O)C(F)(F)C/C=C\C. The highest BCUT2D eigenvalue weighted by molar-refractivity contribution is 5.14. The lowest BCUT2D eigenvalue weighted by molar-refractivity contribution is -0.0891. The number of rotatable bonds is 7. The van der Waals surface area contributed by atoms with E-state index >= 15 is 0 Å². The molecule has 0 bridgehead atoms. The van der Waals surface area contributed by atoms with Gasteiger partial charge in [-0.2, -0.15) is 0 Å². The third-order valence-corrected chi connectivity index (χ3v) is 2.54. The number of hydrogen-bond donors (Lipinski definition) is 1. The van der Waals surface area contributed by atoms with Crippen molar-refractivity contribution in [1.29, 1.82) is 0 Å². The minimum absolute atomic E-state index is 0.401. The third-order valence-electron chi connectivity index (χ3n) is 2.54. The molecule has 1 unspecified atom stereocenters. The summed E-state index contributed by atoms with van der Waals surface area (Å²) in [7, 11) is 0. The molecule has 1 nitrogen and oxygen atoms in total. The summed E-state index contributed by atoms with van der Waals surface area (Å²) < 4.78 is 27.2. The zero-order chi connectivity index (χ0) is 13.3. The van der Waals surface area contributed by atoms with Gasteiger partial charge in [0.2, 0.25) is 0 Å². The molecule has 0 aliphatic rings. The Bertz CT molecular complexity index is 291. The van der Waals surface area contributed by atoms with Crippen molar-refractivity contribution in [3.63, 3.8) is 0 Å². The number of aliphatic hydroxyl groups is 1. The first-order chi connectivity index (χ1) is 7.99. The monoisotopic (exact) mass is 244 g/mol. The van der Waals surface area contributed by atoms with Crippen molar-refractivity contribution in [2.75, 3.05) is 0 Å². The quantitative estimate of drug-likeness (QED) is 0.664. The Hall–Kier alpha value is -0.960. The maximum atomic E-state index is 13.6. The van der Waals surface area contributed by atoms with Crippen molar-refractivity contribution in [3.8, 4) is 0 Å². The Labute approximate surface area is 103 Å². The van der Waals surface area contributed by atoms with Gasteiger partial charge in [0.1, 0.15) is 6.10 Å². The molecule has 0 spiro atoms. The maximum absolute atomic E-state index is 13.6. The lowest BCUT2D eigenvalue weighted by Crippen LogP contribution is -2.34. The molecule has 0 fully saturated rings. The molecule has 0 aromatic rings. The molecule has 0 aliphatic carbocycles. The van der Waals surface area contributed by atoms with Crippen LogP contribution in [0, 0.1) is 0 Å². The number of halogens is 2. The summed E-state index contributed by atoms with van der Waals surface area (Å²) >= 11 is 0. The molecule has 98 valence electrons. The molecule has 0 radical (unpaired) electrons. The summed E-state index contributed by atoms with van der Waals surface area (Å²) in [5, 5.41) is 9.69. The van der Waals surface area contributed by atoms with Gasteiger partial charge in [-0.05, 0) is 32.3 Å². The van der Waals surface area contributed by atoms with Gasteiger partial charge in [-0.1, -0.05) is 37.3 Å². The molecule has 0 amide bonds. The van der Waals surface area contributed by atoms with Gasteiger partial charge in [0, 0.05) is 6.42 Å². The van der Waals surface area contributed by atoms with Crippen LogP contribution in [0.1, 0.15) is 40.0 Å². The van der Waals surface area contributed by atoms with Gasteiger partial charge in [0.15, 0.2) is 0 Å². The summed E-state index contributed by atoms with van der Waals surface area (Å²) in [6.07, 6.45) is 7.24. The first-order valence-electron chi connectivity index (χ1n) is 5.96. The van der Waals surface area contributed by atoms with E-state index in [0.29, 0.717) is 18.4 Å². The molecule has 1 N–H and O–H groups in total. The summed E-state index contributed by atoms with van der Waals surface area (Å²) in [4.78, 5) is 0. The molecule has 0 saturated carbocycles. The van der Waals surface area contributed by atoms with Crippen molar-refractivity contribution in [3.05, 3.63) is 36.0 Å². The molecule has 0 aromatic carbocycles. The topological polar surface area (TPSA) is 20.2 Å². The normalized spacial score (nSPS) is 16.0. The van der Waals surface area contributed by atoms with Crippen molar-refractivity contribution in [1.82, 2.24) is 0 Å². The predicted molar refractivity (Wildman–Crippen MR) is 68.2 cm³/mol. The fraction of sp³-hybridized carbons (Fsp3) is 0.571. The summed E-state index contributed by atoms with van der Waals surface area (Å²) in [6.45, 7) is 5.33. The minimum atomic E-state index is -3.09. The fourth-order valence-electron chi connectivity index (χ4n) is 1.46. The molecule has 0 saturated heterocycles. The van der Waals surface area contributed by atoms with Crippen LogP contribution in [-0.4, -0.2) is 17.1 Å². The van der Waals surface area contributed by atoms with Crippen LogP contribution in [0.15, 0.2) is 36.0 Å². The van der Waals surface area contributed by atoms with E-state index in [4.69, 9.17) is 0 Å². The fourth-order valence-corrected chi connectivity index (χ4v) is 1.46. The Morgan fingerprint density at radius 1 is 1.24 bits per heavy atom. The highest BCUT2D eigenvalue weighted by Crippen LogP contribution is 2.29. The summed E-state index contributed by atoms with van der Waals surface area (Å²) in [5.41, 5.74) is 0.401. The van der Waals surface area contributed by atoms with Gasteiger partial charge in [-0.15, -0.1) is 0 Å². The first-order valence-corrected chi connectivity index (χ1v) is 5.96. The molecule has 0 aromatic heterocycles. The van der Waals surface area contributed by atoms with Crippen LogP contribution in [0.3, 0.4) is 0 Å². The summed E-state index contributed by atoms with van der Waals surface area (Å²) in [6, 6.07) is 0. The Kier molecular flexibility index (Phi) is 7.72. The molecule has 0 aliphatic heterocycles. The molecule has 17 heavy (non-hydrogen) atoms. The highest BCUT2D eigenvalue weighted by atomic mass is 19.3. The van der Waals surface area contributed by atoms with E-state index in [2.05, 4.69) is 0 Å². The van der Waals surface area contributed by atoms with E-state index < -0.39 is 18.4 Å². The zero-order valence-corrected chi connectivity index (χ0v) is 10.8. The van der Waals surface area contributed by atoms with E-state index in [0.717, 1.165) is 0 Å². The van der Waals surface area contributed by atoms with Crippen LogP contribution in [-0.2, 0) is 0 Å². The van der Waals surface area contributed by atoms with Crippen LogP contribution in [0.25, 0.3) is 0 Å². The van der Waals surface area contributed by atoms with Gasteiger partial charge in [-0.25, -0.2) is 8.78 Å². The van der Waals surface area contributed by atoms with Gasteiger partial charge >= 0.3 is 0 Å². The second-order valence-electron chi connectivity index (χ2n) is 3.87. The van der Waals surface area contributed by atoms with Crippen molar-refractivity contribution in [2.45, 2.75) is 52.1 Å². The van der Waals surface area contributed by atoms with Gasteiger partial charge < -0.3 is 5.11 Å². The molecular weight excluding hydrogens is 222 g/mol. The average molecular weight is 244 g/mol. The highest BCUT2D eigenvalue weighted by Gasteiger charge is 2.38. The van der Waals surface area contributed by atoms with E-state index in [-0.39, 0.29) is 0 Å². The number of aliphatic hydroxyl groups excluding tert-OH is 1. The zero-order valence-electron chi connectivity index (χ0n) is 10.8. The Morgan fingerprint density at radius 2 is 1.82 bits per heavy atom. The Morgan fingerprint density at radius 3 is 2.29 bits per heavy atom. The van der Waals surface area contributed by atoms with E-state index in [1.807, 2.05) is 19.1 Å². The second-order valence-corrected chi connectivity index (χ2v) is 3.87. The largest absolute Gasteiger partial charge is 0.382 e. The van der Waals surface area contributed by atoms with Crippen molar-refractivity contribution >= 4 is 0 Å². The lowest BCUT2D eigenvalue weighted by atomic mass is 9.98. The van der Waals surface area contributed by atoms with Crippen LogP contribution in [0.2, 0.25) is 0 Å². The predicted octanol–water partition coefficient (Wildman–Crippen LogP) is 4.25. The standard InChI is InChI=1S/C14H22F2O/c1-4-7-9-10-12(6-3)13(17)14(15,16)11-8-5-2/h4-5,7-8,10,13,17H,6,9,11H2,1-3H3/b7-4-,8-5-,12-10?. The molecule has 0 heterocycles. The Balaban J connectivity index is 4.71. The third kappa shape index (κ3) is 5.78. The van der Waals surface area contributed by atoms with Crippen LogP contribution < -0.4 is 0 Å². The first kappa shape index (κ1) is 16.0. The van der Waals surface area contributed by atoms with Crippen LogP contribution in [0.4, 0.5) is 8.78 Å². The average Bonchev–Trinajstić information content (AvgIpc) is 2.31. The number of alkyl halides is 2. The lowest BCUT2D eigenvalue weighted by Gasteiger charge is -2.23. The maximum Gasteiger partial charge on any atom is 0.280 e. The van der Waals surface area contributed by atoms with Gasteiger partial charge in [0.05, 0.1) is 0 Å². The van der Waals surface area contributed by atoms with Crippen LogP contribution >= 0.6 is 0 Å². The number of hydrogen-bond acceptors (Lipinski definition) is 1. The van der Waals surface area contributed by atoms with E-state index in [9.17, 15) is 13.9 Å². The molecular formula is C14H22F2O. The minimum Gasteiger partial charge on any atom is -0.382 e. The smallest absolute Gasteiger partial charge is 0.280 e. The molecule has 3 heteroatoms. The second kappa shape index (κ2) is 8.18. The van der Waals surface area contributed by atoms with E-state index in [1.165, 1.54) is 6.08 Å². The molecule has 0 rings (SSSR count). The van der Waals surface area contributed by atoms with Gasteiger partial charge in [0.25, 0.3) is 5.92 Å². The van der Waals surface area contributed by atoms with Crippen LogP contribution in [0.5, 0.6) is 0 Å². The molecule has 1 atom stereocenters. The number of allylic oxidation sites excluding steroid dienone is 5.